The van der Waals surface area contributed by atoms with Crippen LogP contribution in [0.4, 0.5) is 0 Å². The van der Waals surface area contributed by atoms with Gasteiger partial charge in [0.25, 0.3) is 0 Å². The van der Waals surface area contributed by atoms with Crippen LogP contribution in [0.15, 0.2) is 72.8 Å². The van der Waals surface area contributed by atoms with E-state index in [4.69, 9.17) is 9.47 Å². The first-order chi connectivity index (χ1) is 16.9. The first-order valence-corrected chi connectivity index (χ1v) is 12.3. The fourth-order valence-electron chi connectivity index (χ4n) is 4.64. The molecule has 5 nitrogen and oxygen atoms in total. The molecule has 0 radical (unpaired) electrons. The van der Waals surface area contributed by atoms with E-state index < -0.39 is 0 Å². The van der Waals surface area contributed by atoms with Crippen molar-refractivity contribution in [3.63, 3.8) is 0 Å². The Bertz CT molecular complexity index is 1140. The first-order valence-electron chi connectivity index (χ1n) is 12.3. The van der Waals surface area contributed by atoms with Crippen LogP contribution < -0.4 is 25.4 Å². The molecule has 5 rings (SSSR count). The molecule has 0 bridgehead atoms. The Kier molecular flexibility index (Phi) is 7.56. The molecule has 0 saturated heterocycles. The molecular weight excluding hydrogens is 422 g/mol. The summed E-state index contributed by atoms with van der Waals surface area (Å²) in [5.74, 6) is 1.85. The van der Waals surface area contributed by atoms with Crippen LogP contribution in [-0.2, 0) is 13.1 Å². The van der Waals surface area contributed by atoms with Crippen molar-refractivity contribution in [2.24, 2.45) is 0 Å². The van der Waals surface area contributed by atoms with Gasteiger partial charge in [0.1, 0.15) is 24.7 Å². The quantitative estimate of drug-likeness (QED) is 0.361. The van der Waals surface area contributed by atoms with Gasteiger partial charge in [-0.2, -0.15) is 0 Å². The van der Waals surface area contributed by atoms with Gasteiger partial charge in [0, 0.05) is 37.3 Å². The number of ether oxygens (including phenoxy) is 2. The Labute approximate surface area is 201 Å². The minimum absolute atomic E-state index is 0.493. The summed E-state index contributed by atoms with van der Waals surface area (Å²) in [5.41, 5.74) is 2.41. The molecule has 176 valence electrons. The summed E-state index contributed by atoms with van der Waals surface area (Å²) >= 11 is 0. The number of rotatable bonds is 0. The van der Waals surface area contributed by atoms with E-state index in [-0.39, 0.29) is 0 Å². The average molecular weight is 456 g/mol. The Morgan fingerprint density at radius 1 is 0.500 bits per heavy atom. The fraction of sp³-hybridized carbons (Fsp3) is 0.310. The van der Waals surface area contributed by atoms with Gasteiger partial charge in [-0.1, -0.05) is 60.7 Å². The highest BCUT2D eigenvalue weighted by atomic mass is 16.5. The zero-order valence-corrected chi connectivity index (χ0v) is 19.6. The van der Waals surface area contributed by atoms with Crippen molar-refractivity contribution in [1.82, 2.24) is 16.0 Å². The van der Waals surface area contributed by atoms with Gasteiger partial charge in [-0.3, -0.25) is 0 Å². The number of fused-ring (bicyclic) bond motifs is 6. The van der Waals surface area contributed by atoms with E-state index in [0.29, 0.717) is 13.2 Å². The third-order valence-electron chi connectivity index (χ3n) is 6.38. The molecule has 0 spiro atoms. The summed E-state index contributed by atoms with van der Waals surface area (Å²) in [5, 5.41) is 15.7. The topological polar surface area (TPSA) is 54.6 Å². The van der Waals surface area contributed by atoms with Crippen LogP contribution >= 0.6 is 0 Å². The summed E-state index contributed by atoms with van der Waals surface area (Å²) in [6.45, 7) is 6.37. The van der Waals surface area contributed by atoms with Crippen molar-refractivity contribution >= 4 is 21.5 Å². The third kappa shape index (κ3) is 5.33. The summed E-state index contributed by atoms with van der Waals surface area (Å²) in [7, 11) is 0. The monoisotopic (exact) mass is 455 g/mol. The SMILES string of the molecule is c1ccc2c3c(ccc2c1)OCCOc1ccc2ccccc2c1CNCCNCCCNC3. The maximum Gasteiger partial charge on any atom is 0.124 e. The molecule has 5 heteroatoms. The normalized spacial score (nSPS) is 16.5. The fourth-order valence-corrected chi connectivity index (χ4v) is 4.64. The number of hydrogen-bond acceptors (Lipinski definition) is 5. The zero-order valence-electron chi connectivity index (χ0n) is 19.6. The zero-order chi connectivity index (χ0) is 23.0. The third-order valence-corrected chi connectivity index (χ3v) is 6.38. The van der Waals surface area contributed by atoms with Crippen molar-refractivity contribution < 1.29 is 9.47 Å². The van der Waals surface area contributed by atoms with Gasteiger partial charge in [-0.05, 0) is 53.2 Å². The number of hydrogen-bond donors (Lipinski definition) is 3. The van der Waals surface area contributed by atoms with Gasteiger partial charge in [-0.15, -0.1) is 0 Å². The smallest absolute Gasteiger partial charge is 0.124 e. The lowest BCUT2D eigenvalue weighted by Gasteiger charge is -2.18. The van der Waals surface area contributed by atoms with Crippen LogP contribution in [0.1, 0.15) is 17.5 Å². The molecule has 34 heavy (non-hydrogen) atoms. The van der Waals surface area contributed by atoms with Crippen molar-refractivity contribution in [2.45, 2.75) is 19.5 Å². The first kappa shape index (κ1) is 22.7. The minimum Gasteiger partial charge on any atom is -0.490 e. The molecule has 3 N–H and O–H groups in total. The largest absolute Gasteiger partial charge is 0.490 e. The van der Waals surface area contributed by atoms with Gasteiger partial charge < -0.3 is 25.4 Å². The second-order valence-corrected chi connectivity index (χ2v) is 8.68. The Morgan fingerprint density at radius 2 is 1.00 bits per heavy atom. The van der Waals surface area contributed by atoms with Gasteiger partial charge >= 0.3 is 0 Å². The summed E-state index contributed by atoms with van der Waals surface area (Å²) in [6, 6.07) is 25.5. The molecule has 0 atom stereocenters. The van der Waals surface area contributed by atoms with Crippen molar-refractivity contribution in [3.05, 3.63) is 83.9 Å². The molecular formula is C29H33N3O2. The predicted molar refractivity (Wildman–Crippen MR) is 140 cm³/mol. The van der Waals surface area contributed by atoms with Gasteiger partial charge in [0.15, 0.2) is 0 Å². The number of benzene rings is 4. The summed E-state index contributed by atoms with van der Waals surface area (Å²) in [4.78, 5) is 0. The molecule has 0 aliphatic carbocycles. The van der Waals surface area contributed by atoms with Crippen LogP contribution in [0.5, 0.6) is 11.5 Å². The predicted octanol–water partition coefficient (Wildman–Crippen LogP) is 4.62. The van der Waals surface area contributed by atoms with E-state index in [1.165, 1.54) is 32.7 Å². The highest BCUT2D eigenvalue weighted by molar-refractivity contribution is 5.88. The van der Waals surface area contributed by atoms with Gasteiger partial charge in [-0.25, -0.2) is 0 Å². The standard InChI is InChI=1S/C29H33N3O2/c1-3-8-24-22(6-1)10-12-28-26(24)20-31-15-5-14-30-16-17-32-21-27-25-9-4-2-7-23(25)11-13-29(27)34-19-18-33-28/h1-4,6-13,30-32H,5,14-21H2. The molecule has 0 unspecified atom stereocenters. The van der Waals surface area contributed by atoms with E-state index in [1.807, 2.05) is 0 Å². The van der Waals surface area contributed by atoms with Crippen molar-refractivity contribution in [3.8, 4) is 11.5 Å². The van der Waals surface area contributed by atoms with Gasteiger partial charge in [0.2, 0.25) is 0 Å². The number of nitrogens with one attached hydrogen (secondary N) is 3. The van der Waals surface area contributed by atoms with E-state index in [2.05, 4.69) is 88.7 Å². The Morgan fingerprint density at radius 3 is 1.62 bits per heavy atom. The molecule has 0 amide bonds. The molecule has 0 aromatic heterocycles. The molecule has 4 aromatic carbocycles. The summed E-state index contributed by atoms with van der Waals surface area (Å²) in [6.07, 6.45) is 1.09. The van der Waals surface area contributed by atoms with E-state index >= 15 is 0 Å². The Hall–Kier alpha value is -3.12. The van der Waals surface area contributed by atoms with Crippen LogP contribution in [0.2, 0.25) is 0 Å². The minimum atomic E-state index is 0.493. The van der Waals surface area contributed by atoms with Crippen LogP contribution in [0.25, 0.3) is 21.5 Å². The lowest BCUT2D eigenvalue weighted by molar-refractivity contribution is 0.214. The van der Waals surface area contributed by atoms with Crippen molar-refractivity contribution in [1.29, 1.82) is 0 Å². The molecule has 0 saturated carbocycles. The molecule has 1 heterocycles. The lowest BCUT2D eigenvalue weighted by Crippen LogP contribution is -2.29. The van der Waals surface area contributed by atoms with Crippen molar-refractivity contribution in [2.75, 3.05) is 39.4 Å². The van der Waals surface area contributed by atoms with Crippen LogP contribution in [-0.4, -0.2) is 39.4 Å². The molecule has 4 aromatic rings. The van der Waals surface area contributed by atoms with E-state index in [9.17, 15) is 0 Å². The molecule has 0 fully saturated rings. The van der Waals surface area contributed by atoms with E-state index in [0.717, 1.165) is 57.2 Å². The Balaban J connectivity index is 1.38. The van der Waals surface area contributed by atoms with Gasteiger partial charge in [0.05, 0.1) is 0 Å². The summed E-state index contributed by atoms with van der Waals surface area (Å²) < 4.78 is 12.5. The highest BCUT2D eigenvalue weighted by Crippen LogP contribution is 2.30. The maximum absolute atomic E-state index is 6.25. The second kappa shape index (κ2) is 11.3. The van der Waals surface area contributed by atoms with Crippen LogP contribution in [0.3, 0.4) is 0 Å². The molecule has 1 aliphatic rings. The van der Waals surface area contributed by atoms with Crippen LogP contribution in [0, 0.1) is 0 Å². The molecule has 1 aliphatic heterocycles. The maximum atomic E-state index is 6.25. The average Bonchev–Trinajstić information content (AvgIpc) is 2.88. The highest BCUT2D eigenvalue weighted by Gasteiger charge is 2.11. The lowest BCUT2D eigenvalue weighted by atomic mass is 10.0. The second-order valence-electron chi connectivity index (χ2n) is 8.68. The van der Waals surface area contributed by atoms with E-state index in [1.54, 1.807) is 0 Å².